The zero-order valence-electron chi connectivity index (χ0n) is 13.2. The van der Waals surface area contributed by atoms with Crippen LogP contribution in [0.5, 0.6) is 11.5 Å². The zero-order chi connectivity index (χ0) is 17.1. The molecule has 0 aliphatic carbocycles. The third-order valence-electron chi connectivity index (χ3n) is 3.65. The van der Waals surface area contributed by atoms with Crippen molar-refractivity contribution >= 4 is 38.8 Å². The lowest BCUT2D eigenvalue weighted by Crippen LogP contribution is -1.95. The average Bonchev–Trinajstić information content (AvgIpc) is 3.08. The zero-order valence-corrected chi connectivity index (χ0v) is 14.8. The standard InChI is InChI=1S/C19H15BrO4/c1-22-17-11-13(18(23-2)15-9-10-24-19(15)17)5-8-16(21)12-3-6-14(20)7-4-12/h3-11H,1-2H3/b8-5+. The van der Waals surface area contributed by atoms with Crippen LogP contribution >= 0.6 is 15.9 Å². The number of methoxy groups -OCH3 is 2. The Morgan fingerprint density at radius 1 is 1.12 bits per heavy atom. The summed E-state index contributed by atoms with van der Waals surface area (Å²) < 4.78 is 17.2. The molecule has 0 amide bonds. The summed E-state index contributed by atoms with van der Waals surface area (Å²) in [6, 6.07) is 10.8. The van der Waals surface area contributed by atoms with Crippen LogP contribution in [0.1, 0.15) is 15.9 Å². The van der Waals surface area contributed by atoms with Crippen molar-refractivity contribution in [2.24, 2.45) is 0 Å². The Hall–Kier alpha value is -2.53. The number of ether oxygens (including phenoxy) is 2. The molecule has 24 heavy (non-hydrogen) atoms. The molecule has 122 valence electrons. The van der Waals surface area contributed by atoms with Crippen LogP contribution in [0.2, 0.25) is 0 Å². The Kier molecular flexibility index (Phi) is 4.71. The number of benzene rings is 2. The van der Waals surface area contributed by atoms with Gasteiger partial charge in [-0.2, -0.15) is 0 Å². The van der Waals surface area contributed by atoms with Crippen molar-refractivity contribution in [3.05, 3.63) is 64.3 Å². The smallest absolute Gasteiger partial charge is 0.185 e. The molecule has 5 heteroatoms. The number of ketones is 1. The summed E-state index contributed by atoms with van der Waals surface area (Å²) in [5.41, 5.74) is 1.98. The van der Waals surface area contributed by atoms with Crippen molar-refractivity contribution in [2.75, 3.05) is 14.2 Å². The second kappa shape index (κ2) is 6.93. The number of furan rings is 1. The van der Waals surface area contributed by atoms with Gasteiger partial charge in [0, 0.05) is 15.6 Å². The maximum Gasteiger partial charge on any atom is 0.185 e. The van der Waals surface area contributed by atoms with Crippen molar-refractivity contribution in [1.82, 2.24) is 0 Å². The third-order valence-corrected chi connectivity index (χ3v) is 4.18. The Morgan fingerprint density at radius 2 is 1.88 bits per heavy atom. The lowest BCUT2D eigenvalue weighted by atomic mass is 10.1. The molecule has 0 N–H and O–H groups in total. The highest BCUT2D eigenvalue weighted by atomic mass is 79.9. The van der Waals surface area contributed by atoms with E-state index in [0.29, 0.717) is 22.6 Å². The monoisotopic (exact) mass is 386 g/mol. The summed E-state index contributed by atoms with van der Waals surface area (Å²) >= 11 is 3.36. The topological polar surface area (TPSA) is 48.7 Å². The number of rotatable bonds is 5. The van der Waals surface area contributed by atoms with Gasteiger partial charge in [-0.1, -0.05) is 15.9 Å². The number of allylic oxidation sites excluding steroid dienone is 1. The summed E-state index contributed by atoms with van der Waals surface area (Å²) in [6.07, 6.45) is 4.82. The average molecular weight is 387 g/mol. The number of hydrogen-bond donors (Lipinski definition) is 0. The minimum absolute atomic E-state index is 0.0872. The van der Waals surface area contributed by atoms with Crippen molar-refractivity contribution in [3.63, 3.8) is 0 Å². The van der Waals surface area contributed by atoms with E-state index in [1.165, 1.54) is 6.08 Å². The van der Waals surface area contributed by atoms with Gasteiger partial charge in [-0.05, 0) is 48.6 Å². The number of halogens is 1. The van der Waals surface area contributed by atoms with Crippen LogP contribution in [0, 0.1) is 0 Å². The summed E-state index contributed by atoms with van der Waals surface area (Å²) in [7, 11) is 3.16. The molecule has 0 saturated heterocycles. The molecule has 0 unspecified atom stereocenters. The molecule has 0 radical (unpaired) electrons. The molecule has 0 aliphatic heterocycles. The van der Waals surface area contributed by atoms with E-state index in [1.807, 2.05) is 18.2 Å². The minimum Gasteiger partial charge on any atom is -0.495 e. The quantitative estimate of drug-likeness (QED) is 0.451. The van der Waals surface area contributed by atoms with Gasteiger partial charge in [0.15, 0.2) is 17.1 Å². The fourth-order valence-corrected chi connectivity index (χ4v) is 2.75. The summed E-state index contributed by atoms with van der Waals surface area (Å²) in [4.78, 5) is 12.3. The van der Waals surface area contributed by atoms with Crippen LogP contribution in [-0.4, -0.2) is 20.0 Å². The molecule has 2 aromatic carbocycles. The van der Waals surface area contributed by atoms with Gasteiger partial charge >= 0.3 is 0 Å². The molecule has 0 saturated carbocycles. The summed E-state index contributed by atoms with van der Waals surface area (Å²) in [5.74, 6) is 1.14. The number of carbonyl (C=O) groups excluding carboxylic acids is 1. The number of hydrogen-bond acceptors (Lipinski definition) is 4. The van der Waals surface area contributed by atoms with Crippen molar-refractivity contribution in [1.29, 1.82) is 0 Å². The van der Waals surface area contributed by atoms with Crippen LogP contribution in [0.15, 0.2) is 57.6 Å². The van der Waals surface area contributed by atoms with E-state index < -0.39 is 0 Å². The van der Waals surface area contributed by atoms with Gasteiger partial charge in [0.05, 0.1) is 25.9 Å². The Balaban J connectivity index is 1.99. The maximum absolute atomic E-state index is 12.3. The molecule has 1 aromatic heterocycles. The van der Waals surface area contributed by atoms with Crippen molar-refractivity contribution in [3.8, 4) is 11.5 Å². The van der Waals surface area contributed by atoms with Crippen LogP contribution in [0.3, 0.4) is 0 Å². The summed E-state index contributed by atoms with van der Waals surface area (Å²) in [5, 5.41) is 0.799. The molecule has 0 atom stereocenters. The van der Waals surface area contributed by atoms with E-state index in [0.717, 1.165) is 15.4 Å². The predicted molar refractivity (Wildman–Crippen MR) is 96.8 cm³/mol. The first-order valence-corrected chi connectivity index (χ1v) is 8.03. The van der Waals surface area contributed by atoms with Gasteiger partial charge < -0.3 is 13.9 Å². The van der Waals surface area contributed by atoms with Gasteiger partial charge in [-0.25, -0.2) is 0 Å². The lowest BCUT2D eigenvalue weighted by Gasteiger charge is -2.09. The Morgan fingerprint density at radius 3 is 2.54 bits per heavy atom. The fourth-order valence-electron chi connectivity index (χ4n) is 2.49. The molecule has 0 aliphatic rings. The van der Waals surface area contributed by atoms with Gasteiger partial charge in [-0.3, -0.25) is 4.79 Å². The van der Waals surface area contributed by atoms with E-state index in [2.05, 4.69) is 15.9 Å². The van der Waals surface area contributed by atoms with Crippen molar-refractivity contribution in [2.45, 2.75) is 0 Å². The highest BCUT2D eigenvalue weighted by Crippen LogP contribution is 2.38. The SMILES string of the molecule is COc1c(/C=C/C(=O)c2ccc(Br)cc2)cc(OC)c2occc12. The van der Waals surface area contributed by atoms with E-state index in [4.69, 9.17) is 13.9 Å². The van der Waals surface area contributed by atoms with Crippen LogP contribution in [0.4, 0.5) is 0 Å². The molecule has 3 aromatic rings. The molecule has 4 nitrogen and oxygen atoms in total. The fraction of sp³-hybridized carbons (Fsp3) is 0.105. The van der Waals surface area contributed by atoms with Crippen LogP contribution in [0.25, 0.3) is 17.0 Å². The number of carbonyl (C=O) groups is 1. The highest BCUT2D eigenvalue weighted by Gasteiger charge is 2.14. The second-order valence-corrected chi connectivity index (χ2v) is 5.98. The first-order chi connectivity index (χ1) is 11.6. The Bertz CT molecular complexity index is 907. The largest absolute Gasteiger partial charge is 0.495 e. The van der Waals surface area contributed by atoms with Crippen LogP contribution in [-0.2, 0) is 0 Å². The van der Waals surface area contributed by atoms with Crippen LogP contribution < -0.4 is 9.47 Å². The van der Waals surface area contributed by atoms with Gasteiger partial charge in [0.25, 0.3) is 0 Å². The van der Waals surface area contributed by atoms with Gasteiger partial charge in [0.2, 0.25) is 0 Å². The second-order valence-electron chi connectivity index (χ2n) is 5.07. The third kappa shape index (κ3) is 3.08. The number of fused-ring (bicyclic) bond motifs is 1. The normalized spacial score (nSPS) is 11.1. The van der Waals surface area contributed by atoms with E-state index >= 15 is 0 Å². The minimum atomic E-state index is -0.0872. The van der Waals surface area contributed by atoms with E-state index in [-0.39, 0.29) is 5.78 Å². The summed E-state index contributed by atoms with van der Waals surface area (Å²) in [6.45, 7) is 0. The van der Waals surface area contributed by atoms with Crippen molar-refractivity contribution < 1.29 is 18.7 Å². The first-order valence-electron chi connectivity index (χ1n) is 7.24. The lowest BCUT2D eigenvalue weighted by molar-refractivity contribution is 0.104. The molecule has 0 spiro atoms. The molecule has 3 rings (SSSR count). The van der Waals surface area contributed by atoms with Gasteiger partial charge in [-0.15, -0.1) is 0 Å². The van der Waals surface area contributed by atoms with Gasteiger partial charge in [0.1, 0.15) is 5.75 Å². The first kappa shape index (κ1) is 16.3. The molecular weight excluding hydrogens is 372 g/mol. The molecule has 1 heterocycles. The molecule has 0 fully saturated rings. The molecular formula is C19H15BrO4. The van der Waals surface area contributed by atoms with E-state index in [9.17, 15) is 4.79 Å². The van der Waals surface area contributed by atoms with E-state index in [1.54, 1.807) is 44.8 Å². The Labute approximate surface area is 147 Å². The highest BCUT2D eigenvalue weighted by molar-refractivity contribution is 9.10. The predicted octanol–water partition coefficient (Wildman–Crippen LogP) is 5.11. The maximum atomic E-state index is 12.3. The molecule has 0 bridgehead atoms.